The average Bonchev–Trinajstić information content (AvgIpc) is 2.15. The number of pyridine rings is 1. The molecule has 0 aromatic carbocycles. The summed E-state index contributed by atoms with van der Waals surface area (Å²) in [4.78, 5) is 4.28. The molecule has 2 heterocycles. The first kappa shape index (κ1) is 10.4. The normalized spacial score (nSPS) is 20.7. The lowest BCUT2D eigenvalue weighted by Gasteiger charge is -2.25. The third-order valence-corrected chi connectivity index (χ3v) is 2.49. The van der Waals surface area contributed by atoms with Gasteiger partial charge in [0.1, 0.15) is 5.82 Å². The largest absolute Gasteiger partial charge is 0.351 e. The molecule has 2 rings (SSSR count). The van der Waals surface area contributed by atoms with Gasteiger partial charge in [0.15, 0.2) is 0 Å². The maximum atomic E-state index is 9.21. The summed E-state index contributed by atoms with van der Waals surface area (Å²) >= 11 is 0. The minimum Gasteiger partial charge on any atom is -0.351 e. The molecular weight excluding hydrogens is 192 g/mol. The van der Waals surface area contributed by atoms with Crippen LogP contribution >= 0.6 is 0 Å². The van der Waals surface area contributed by atoms with Gasteiger partial charge in [0, 0.05) is 11.8 Å². The second kappa shape index (κ2) is 3.47. The van der Waals surface area contributed by atoms with Gasteiger partial charge in [-0.15, -0.1) is 0 Å². The van der Waals surface area contributed by atoms with E-state index in [1.54, 1.807) is 0 Å². The molecular formula is C11H16N2O2. The fourth-order valence-corrected chi connectivity index (χ4v) is 1.49. The van der Waals surface area contributed by atoms with Crippen molar-refractivity contribution in [3.05, 3.63) is 23.4 Å². The topological polar surface area (TPSA) is 54.4 Å². The number of nitrogens with zero attached hydrogens (tertiary/aromatic N) is 1. The fourth-order valence-electron chi connectivity index (χ4n) is 1.49. The van der Waals surface area contributed by atoms with Crippen LogP contribution in [0.15, 0.2) is 12.3 Å². The van der Waals surface area contributed by atoms with Gasteiger partial charge in [0.05, 0.1) is 6.61 Å². The summed E-state index contributed by atoms with van der Waals surface area (Å²) in [5.41, 5.74) is 2.24. The van der Waals surface area contributed by atoms with E-state index in [4.69, 9.17) is 4.74 Å². The molecule has 0 amide bonds. The van der Waals surface area contributed by atoms with Crippen LogP contribution in [-0.4, -0.2) is 16.5 Å². The van der Waals surface area contributed by atoms with Gasteiger partial charge in [-0.2, -0.15) is 0 Å². The van der Waals surface area contributed by atoms with Crippen molar-refractivity contribution < 1.29 is 9.84 Å². The number of anilines is 1. The van der Waals surface area contributed by atoms with Crippen LogP contribution < -0.4 is 5.32 Å². The summed E-state index contributed by atoms with van der Waals surface area (Å²) < 4.78 is 5.08. The van der Waals surface area contributed by atoms with Crippen molar-refractivity contribution in [3.8, 4) is 0 Å². The monoisotopic (exact) mass is 208 g/mol. The molecule has 82 valence electrons. The van der Waals surface area contributed by atoms with Crippen LogP contribution in [0.3, 0.4) is 0 Å². The van der Waals surface area contributed by atoms with Crippen molar-refractivity contribution in [1.29, 1.82) is 0 Å². The van der Waals surface area contributed by atoms with Crippen LogP contribution in [0, 0.1) is 0 Å². The third-order valence-electron chi connectivity index (χ3n) is 2.49. The van der Waals surface area contributed by atoms with Gasteiger partial charge in [-0.3, -0.25) is 0 Å². The standard InChI is InChI=1S/C11H16N2O2/c1-11(2,3)8-4-7-6-15-10(14)13-9(7)12-5-8/h4-5,10,14H,6H2,1-3H3,(H,12,13). The molecule has 0 spiro atoms. The second-order valence-corrected chi connectivity index (χ2v) is 4.79. The molecule has 0 saturated carbocycles. The molecule has 2 N–H and O–H groups in total. The SMILES string of the molecule is CC(C)(C)c1cnc2c(c1)COC(O)N2. The first-order valence-corrected chi connectivity index (χ1v) is 5.02. The highest BCUT2D eigenvalue weighted by Crippen LogP contribution is 2.27. The van der Waals surface area contributed by atoms with Gasteiger partial charge >= 0.3 is 0 Å². The molecule has 15 heavy (non-hydrogen) atoms. The maximum absolute atomic E-state index is 9.21. The van der Waals surface area contributed by atoms with Gasteiger partial charge < -0.3 is 15.2 Å². The third kappa shape index (κ3) is 2.11. The van der Waals surface area contributed by atoms with E-state index >= 15 is 0 Å². The number of ether oxygens (including phenoxy) is 1. The van der Waals surface area contributed by atoms with E-state index in [1.165, 1.54) is 5.56 Å². The average molecular weight is 208 g/mol. The molecule has 0 fully saturated rings. The maximum Gasteiger partial charge on any atom is 0.236 e. The molecule has 0 aliphatic carbocycles. The lowest BCUT2D eigenvalue weighted by Crippen LogP contribution is -2.28. The highest BCUT2D eigenvalue weighted by molar-refractivity contribution is 5.47. The van der Waals surface area contributed by atoms with E-state index in [9.17, 15) is 5.11 Å². The Morgan fingerprint density at radius 3 is 2.93 bits per heavy atom. The Hall–Kier alpha value is -1.13. The number of aliphatic hydroxyl groups excluding tert-OH is 1. The molecule has 1 unspecified atom stereocenters. The molecule has 4 nitrogen and oxygen atoms in total. The predicted octanol–water partition coefficient (Wildman–Crippen LogP) is 1.60. The molecule has 4 heteroatoms. The van der Waals surface area contributed by atoms with Crippen LogP contribution in [0.25, 0.3) is 0 Å². The summed E-state index contributed by atoms with van der Waals surface area (Å²) in [6.07, 6.45) is 0.898. The Kier molecular flexibility index (Phi) is 2.40. The van der Waals surface area contributed by atoms with E-state index in [0.717, 1.165) is 5.56 Å². The van der Waals surface area contributed by atoms with E-state index in [-0.39, 0.29) is 5.41 Å². The number of aromatic nitrogens is 1. The Balaban J connectivity index is 2.35. The number of rotatable bonds is 0. The Labute approximate surface area is 89.3 Å². The van der Waals surface area contributed by atoms with Gasteiger partial charge in [0.2, 0.25) is 6.41 Å². The quantitative estimate of drug-likeness (QED) is 0.680. The fraction of sp³-hybridized carbons (Fsp3) is 0.545. The first-order valence-electron chi connectivity index (χ1n) is 5.02. The zero-order valence-corrected chi connectivity index (χ0v) is 9.24. The number of nitrogens with one attached hydrogen (secondary N) is 1. The molecule has 0 bridgehead atoms. The summed E-state index contributed by atoms with van der Waals surface area (Å²) in [7, 11) is 0. The van der Waals surface area contributed by atoms with Gasteiger partial charge in [-0.05, 0) is 17.0 Å². The van der Waals surface area contributed by atoms with Crippen LogP contribution in [0.4, 0.5) is 5.82 Å². The van der Waals surface area contributed by atoms with Crippen molar-refractivity contribution in [1.82, 2.24) is 4.98 Å². The smallest absolute Gasteiger partial charge is 0.236 e. The van der Waals surface area contributed by atoms with E-state index in [1.807, 2.05) is 6.20 Å². The summed E-state index contributed by atoms with van der Waals surface area (Å²) in [5, 5.41) is 12.0. The molecule has 0 saturated heterocycles. The Morgan fingerprint density at radius 2 is 2.27 bits per heavy atom. The molecule has 1 aromatic heterocycles. The summed E-state index contributed by atoms with van der Waals surface area (Å²) in [6.45, 7) is 6.83. The zero-order chi connectivity index (χ0) is 11.1. The lowest BCUT2D eigenvalue weighted by molar-refractivity contribution is -0.0934. The highest BCUT2D eigenvalue weighted by atomic mass is 16.6. The zero-order valence-electron chi connectivity index (χ0n) is 9.24. The van der Waals surface area contributed by atoms with Crippen molar-refractivity contribution in [2.75, 3.05) is 5.32 Å². The van der Waals surface area contributed by atoms with Crippen molar-refractivity contribution in [2.45, 2.75) is 39.2 Å². The minimum atomic E-state index is -0.939. The molecule has 1 atom stereocenters. The number of hydrogen-bond acceptors (Lipinski definition) is 4. The predicted molar refractivity (Wildman–Crippen MR) is 57.4 cm³/mol. The van der Waals surface area contributed by atoms with E-state index < -0.39 is 6.41 Å². The van der Waals surface area contributed by atoms with Crippen molar-refractivity contribution >= 4 is 5.82 Å². The van der Waals surface area contributed by atoms with Crippen LogP contribution in [0.1, 0.15) is 31.9 Å². The van der Waals surface area contributed by atoms with Crippen LogP contribution in [0.5, 0.6) is 0 Å². The Morgan fingerprint density at radius 1 is 1.53 bits per heavy atom. The van der Waals surface area contributed by atoms with Gasteiger partial charge in [-0.25, -0.2) is 4.98 Å². The highest BCUT2D eigenvalue weighted by Gasteiger charge is 2.20. The van der Waals surface area contributed by atoms with Crippen LogP contribution in [0.2, 0.25) is 0 Å². The van der Waals surface area contributed by atoms with E-state index in [2.05, 4.69) is 37.1 Å². The summed E-state index contributed by atoms with van der Waals surface area (Å²) in [5.74, 6) is 0.710. The lowest BCUT2D eigenvalue weighted by atomic mass is 9.87. The van der Waals surface area contributed by atoms with Crippen molar-refractivity contribution in [2.24, 2.45) is 0 Å². The second-order valence-electron chi connectivity index (χ2n) is 4.79. The van der Waals surface area contributed by atoms with E-state index in [0.29, 0.717) is 12.4 Å². The van der Waals surface area contributed by atoms with Gasteiger partial charge in [-0.1, -0.05) is 20.8 Å². The van der Waals surface area contributed by atoms with Crippen LogP contribution in [-0.2, 0) is 16.8 Å². The molecule has 1 aromatic rings. The van der Waals surface area contributed by atoms with Crippen molar-refractivity contribution in [3.63, 3.8) is 0 Å². The number of hydrogen-bond donors (Lipinski definition) is 2. The number of fused-ring (bicyclic) bond motifs is 1. The minimum absolute atomic E-state index is 0.0814. The molecule has 1 aliphatic heterocycles. The summed E-state index contributed by atoms with van der Waals surface area (Å²) in [6, 6.07) is 2.07. The Bertz CT molecular complexity index is 371. The molecule has 0 radical (unpaired) electrons. The number of aliphatic hydroxyl groups is 1. The van der Waals surface area contributed by atoms with Gasteiger partial charge in [0.25, 0.3) is 0 Å². The molecule has 1 aliphatic rings. The first-order chi connectivity index (χ1) is 6.97.